The summed E-state index contributed by atoms with van der Waals surface area (Å²) in [7, 11) is 0. The summed E-state index contributed by atoms with van der Waals surface area (Å²) in [4.78, 5) is 23.8. The van der Waals surface area contributed by atoms with Crippen LogP contribution < -0.4 is 4.90 Å². The number of alkyl halides is 2. The van der Waals surface area contributed by atoms with Crippen molar-refractivity contribution >= 4 is 11.9 Å². The topological polar surface area (TPSA) is 58.6 Å². The van der Waals surface area contributed by atoms with Crippen LogP contribution in [-0.2, 0) is 10.7 Å². The van der Waals surface area contributed by atoms with Gasteiger partial charge < -0.3 is 14.5 Å². The highest BCUT2D eigenvalue weighted by molar-refractivity contribution is 5.68. The molecule has 2 aliphatic rings. The van der Waals surface area contributed by atoms with Crippen LogP contribution in [0.15, 0.2) is 6.33 Å². The first kappa shape index (κ1) is 17.8. The molecule has 1 fully saturated rings. The third-order valence-corrected chi connectivity index (χ3v) is 4.50. The maximum absolute atomic E-state index is 14.1. The number of halogens is 2. The Hall–Kier alpha value is -1.99. The number of carbonyl (C=O) groups excluding carboxylic acids is 1. The highest BCUT2D eigenvalue weighted by atomic mass is 19.3. The Morgan fingerprint density at radius 3 is 2.48 bits per heavy atom. The van der Waals surface area contributed by atoms with E-state index in [-0.39, 0.29) is 24.1 Å². The van der Waals surface area contributed by atoms with Crippen molar-refractivity contribution in [3.8, 4) is 0 Å². The number of fused-ring (bicyclic) bond motifs is 1. The number of carbonyl (C=O) groups is 1. The fraction of sp³-hybridized carbons (Fsp3) is 0.706. The Morgan fingerprint density at radius 2 is 1.88 bits per heavy atom. The van der Waals surface area contributed by atoms with E-state index >= 15 is 0 Å². The second kappa shape index (κ2) is 6.07. The van der Waals surface area contributed by atoms with E-state index in [9.17, 15) is 13.6 Å². The average Bonchev–Trinajstić information content (AvgIpc) is 2.75. The van der Waals surface area contributed by atoms with Crippen molar-refractivity contribution in [2.24, 2.45) is 0 Å². The van der Waals surface area contributed by atoms with E-state index < -0.39 is 11.5 Å². The molecule has 1 aliphatic heterocycles. The lowest BCUT2D eigenvalue weighted by molar-refractivity contribution is -0.00978. The monoisotopic (exact) mass is 354 g/mol. The number of rotatable bonds is 1. The molecule has 0 spiro atoms. The Balaban J connectivity index is 1.73. The third-order valence-electron chi connectivity index (χ3n) is 4.50. The van der Waals surface area contributed by atoms with E-state index in [1.807, 2.05) is 25.7 Å². The quantitative estimate of drug-likeness (QED) is 0.775. The van der Waals surface area contributed by atoms with Crippen molar-refractivity contribution in [3.05, 3.63) is 17.6 Å². The summed E-state index contributed by atoms with van der Waals surface area (Å²) in [6.45, 7) is 9.26. The molecule has 1 amide bonds. The Kier molecular flexibility index (Phi) is 4.33. The van der Waals surface area contributed by atoms with Crippen LogP contribution in [0.1, 0.15) is 51.3 Å². The van der Waals surface area contributed by atoms with Gasteiger partial charge in [-0.3, -0.25) is 0 Å². The SMILES string of the molecule is C[C@@H]1CC(F)(F)c2ncnc(N3CCN(C(=O)OC(C)(C)C)CC3)c21. The number of hydrogen-bond donors (Lipinski definition) is 0. The molecule has 2 heterocycles. The molecule has 1 saturated heterocycles. The summed E-state index contributed by atoms with van der Waals surface area (Å²) in [5.41, 5.74) is -0.152. The van der Waals surface area contributed by atoms with Gasteiger partial charge in [0.15, 0.2) is 0 Å². The van der Waals surface area contributed by atoms with Crippen LogP contribution in [0.5, 0.6) is 0 Å². The van der Waals surface area contributed by atoms with Gasteiger partial charge in [-0.1, -0.05) is 6.92 Å². The van der Waals surface area contributed by atoms with Crippen LogP contribution in [0.3, 0.4) is 0 Å². The lowest BCUT2D eigenvalue weighted by Crippen LogP contribution is -2.50. The van der Waals surface area contributed by atoms with Crippen LogP contribution in [0.2, 0.25) is 0 Å². The van der Waals surface area contributed by atoms with Crippen molar-refractivity contribution in [3.63, 3.8) is 0 Å². The molecule has 1 atom stereocenters. The number of hydrogen-bond acceptors (Lipinski definition) is 5. The molecule has 0 unspecified atom stereocenters. The maximum Gasteiger partial charge on any atom is 0.410 e. The van der Waals surface area contributed by atoms with Gasteiger partial charge in [0.05, 0.1) is 0 Å². The first-order valence-corrected chi connectivity index (χ1v) is 8.54. The molecular weight excluding hydrogens is 330 g/mol. The second-order valence-electron chi connectivity index (χ2n) is 7.72. The number of piperazine rings is 1. The van der Waals surface area contributed by atoms with E-state index in [4.69, 9.17) is 4.74 Å². The molecule has 0 bridgehead atoms. The molecule has 0 N–H and O–H groups in total. The molecule has 3 rings (SSSR count). The third kappa shape index (κ3) is 3.52. The number of nitrogens with zero attached hydrogens (tertiary/aromatic N) is 4. The zero-order valence-electron chi connectivity index (χ0n) is 15.1. The number of ether oxygens (including phenoxy) is 1. The molecule has 0 saturated carbocycles. The fourth-order valence-corrected chi connectivity index (χ4v) is 3.39. The molecule has 1 aromatic heterocycles. The Morgan fingerprint density at radius 1 is 1.24 bits per heavy atom. The molecule has 1 aromatic rings. The summed E-state index contributed by atoms with van der Waals surface area (Å²) in [5.74, 6) is -2.62. The van der Waals surface area contributed by atoms with E-state index in [1.54, 1.807) is 11.8 Å². The minimum atomic E-state index is -2.90. The first-order chi connectivity index (χ1) is 11.6. The van der Waals surface area contributed by atoms with E-state index in [0.717, 1.165) is 0 Å². The number of anilines is 1. The van der Waals surface area contributed by atoms with Gasteiger partial charge in [0, 0.05) is 38.2 Å². The van der Waals surface area contributed by atoms with Gasteiger partial charge in [-0.15, -0.1) is 0 Å². The second-order valence-corrected chi connectivity index (χ2v) is 7.72. The van der Waals surface area contributed by atoms with E-state index in [2.05, 4.69) is 9.97 Å². The van der Waals surface area contributed by atoms with Crippen molar-refractivity contribution in [2.75, 3.05) is 31.1 Å². The molecule has 138 valence electrons. The van der Waals surface area contributed by atoms with Crippen LogP contribution in [0, 0.1) is 0 Å². The fourth-order valence-electron chi connectivity index (χ4n) is 3.39. The highest BCUT2D eigenvalue weighted by Gasteiger charge is 2.47. The summed E-state index contributed by atoms with van der Waals surface area (Å²) < 4.78 is 33.5. The van der Waals surface area contributed by atoms with Crippen molar-refractivity contribution in [1.82, 2.24) is 14.9 Å². The Labute approximate surface area is 146 Å². The van der Waals surface area contributed by atoms with E-state index in [1.165, 1.54) is 6.33 Å². The molecule has 8 heteroatoms. The van der Waals surface area contributed by atoms with Gasteiger partial charge in [-0.25, -0.2) is 14.8 Å². The van der Waals surface area contributed by atoms with Gasteiger partial charge in [-0.05, 0) is 26.7 Å². The minimum absolute atomic E-state index is 0.153. The van der Waals surface area contributed by atoms with Gasteiger partial charge in [0.25, 0.3) is 5.92 Å². The zero-order valence-corrected chi connectivity index (χ0v) is 15.1. The molecular formula is C17H24F2N4O2. The molecule has 6 nitrogen and oxygen atoms in total. The molecule has 25 heavy (non-hydrogen) atoms. The van der Waals surface area contributed by atoms with Crippen molar-refractivity contribution in [1.29, 1.82) is 0 Å². The van der Waals surface area contributed by atoms with Gasteiger partial charge in [-0.2, -0.15) is 8.78 Å². The van der Waals surface area contributed by atoms with Crippen LogP contribution >= 0.6 is 0 Å². The summed E-state index contributed by atoms with van der Waals surface area (Å²) in [6, 6.07) is 0. The number of aromatic nitrogens is 2. The van der Waals surface area contributed by atoms with Crippen LogP contribution in [0.4, 0.5) is 19.4 Å². The normalized spacial score (nSPS) is 22.7. The van der Waals surface area contributed by atoms with Gasteiger partial charge in [0.1, 0.15) is 23.4 Å². The summed E-state index contributed by atoms with van der Waals surface area (Å²) in [5, 5.41) is 0. The van der Waals surface area contributed by atoms with Crippen molar-refractivity contribution < 1.29 is 18.3 Å². The molecule has 0 radical (unpaired) electrons. The standard InChI is InChI=1S/C17H24F2N4O2/c1-11-9-17(18,19)13-12(11)14(21-10-20-13)22-5-7-23(8-6-22)15(24)25-16(2,3)4/h10-11H,5-9H2,1-4H3/t11-/m1/s1. The predicted octanol–water partition coefficient (Wildman–Crippen LogP) is 3.13. The lowest BCUT2D eigenvalue weighted by atomic mass is 10.1. The first-order valence-electron chi connectivity index (χ1n) is 8.54. The average molecular weight is 354 g/mol. The summed E-state index contributed by atoms with van der Waals surface area (Å²) in [6.07, 6.45) is 0.631. The zero-order chi connectivity index (χ0) is 18.4. The summed E-state index contributed by atoms with van der Waals surface area (Å²) >= 11 is 0. The minimum Gasteiger partial charge on any atom is -0.444 e. The lowest BCUT2D eigenvalue weighted by Gasteiger charge is -2.37. The number of amides is 1. The van der Waals surface area contributed by atoms with Gasteiger partial charge in [0.2, 0.25) is 0 Å². The smallest absolute Gasteiger partial charge is 0.410 e. The Bertz CT molecular complexity index is 667. The maximum atomic E-state index is 14.1. The van der Waals surface area contributed by atoms with Crippen molar-refractivity contribution in [2.45, 2.75) is 51.6 Å². The van der Waals surface area contributed by atoms with Crippen LogP contribution in [-0.4, -0.2) is 52.7 Å². The van der Waals surface area contributed by atoms with E-state index in [0.29, 0.717) is 37.6 Å². The molecule has 1 aliphatic carbocycles. The van der Waals surface area contributed by atoms with Gasteiger partial charge >= 0.3 is 6.09 Å². The predicted molar refractivity (Wildman–Crippen MR) is 89.0 cm³/mol. The van der Waals surface area contributed by atoms with Crippen LogP contribution in [0.25, 0.3) is 0 Å². The highest BCUT2D eigenvalue weighted by Crippen LogP contribution is 2.49. The molecule has 0 aromatic carbocycles. The largest absolute Gasteiger partial charge is 0.444 e.